The first kappa shape index (κ1) is 25.0. The summed E-state index contributed by atoms with van der Waals surface area (Å²) < 4.78 is 1.92. The number of nitrogens with one attached hydrogen (secondary N) is 1. The number of thioether (sulfide) groups is 1. The van der Waals surface area contributed by atoms with Crippen molar-refractivity contribution < 1.29 is 9.36 Å². The number of likely N-dealkylation sites (N-methyl/N-ethyl adjacent to an activating group) is 1. The Morgan fingerprint density at radius 1 is 1.17 bits per heavy atom. The second kappa shape index (κ2) is 12.6. The Hall–Kier alpha value is -3.10. The maximum Gasteiger partial charge on any atom is 0.359 e. The maximum absolute atomic E-state index is 12.2. The molecule has 0 aliphatic carbocycles. The molecule has 2 aliphatic rings. The Morgan fingerprint density at radius 2 is 1.97 bits per heavy atom. The highest BCUT2D eigenvalue weighted by molar-refractivity contribution is 7.99. The molecule has 2 aromatic rings. The maximum atomic E-state index is 12.2. The molecule has 1 saturated heterocycles. The number of carbonyl (C=O) groups is 1. The van der Waals surface area contributed by atoms with Crippen LogP contribution in [0.5, 0.6) is 0 Å². The van der Waals surface area contributed by atoms with E-state index in [0.717, 1.165) is 44.4 Å². The number of aromatic nitrogens is 2. The smallest absolute Gasteiger partial charge is 0.359 e. The Balaban J connectivity index is 1.14. The second-order valence-electron chi connectivity index (χ2n) is 8.86. The summed E-state index contributed by atoms with van der Waals surface area (Å²) in [7, 11) is 4.01. The van der Waals surface area contributed by atoms with Gasteiger partial charge in [0.2, 0.25) is 5.91 Å². The van der Waals surface area contributed by atoms with Gasteiger partial charge in [-0.15, -0.1) is 0 Å². The quantitative estimate of drug-likeness (QED) is 0.330. The summed E-state index contributed by atoms with van der Waals surface area (Å²) in [6.07, 6.45) is 14.5. The van der Waals surface area contributed by atoms with Crippen molar-refractivity contribution in [2.75, 3.05) is 63.5 Å². The SMILES string of the molecule is CN1C=CC(/C=C/c2ccc(N3CCN(CCNC(=O)CSc4nccc[n+]4C)CC3)cc2)=CC1. The van der Waals surface area contributed by atoms with E-state index in [2.05, 4.69) is 86.8 Å². The summed E-state index contributed by atoms with van der Waals surface area (Å²) in [5, 5.41) is 3.88. The monoisotopic (exact) mass is 491 g/mol. The van der Waals surface area contributed by atoms with Gasteiger partial charge in [-0.25, -0.2) is 4.57 Å². The third-order valence-corrected chi connectivity index (χ3v) is 7.26. The number of piperazine rings is 1. The molecule has 0 unspecified atom stereocenters. The van der Waals surface area contributed by atoms with Crippen molar-refractivity contribution in [3.8, 4) is 0 Å². The molecular weight excluding hydrogens is 456 g/mol. The molecule has 2 aliphatic heterocycles. The number of anilines is 1. The van der Waals surface area contributed by atoms with E-state index in [0.29, 0.717) is 12.3 Å². The Labute approximate surface area is 212 Å². The highest BCUT2D eigenvalue weighted by atomic mass is 32.2. The lowest BCUT2D eigenvalue weighted by molar-refractivity contribution is -0.713. The number of hydrogen-bond acceptors (Lipinski definition) is 6. The van der Waals surface area contributed by atoms with Crippen LogP contribution in [0.3, 0.4) is 0 Å². The largest absolute Gasteiger partial charge is 0.377 e. The lowest BCUT2D eigenvalue weighted by Gasteiger charge is -2.36. The van der Waals surface area contributed by atoms with Crippen LogP contribution in [0.15, 0.2) is 77.9 Å². The van der Waals surface area contributed by atoms with Crippen molar-refractivity contribution in [1.82, 2.24) is 20.1 Å². The van der Waals surface area contributed by atoms with Gasteiger partial charge in [0.1, 0.15) is 6.20 Å². The van der Waals surface area contributed by atoms with E-state index in [1.807, 2.05) is 23.9 Å². The fourth-order valence-electron chi connectivity index (χ4n) is 4.04. The third-order valence-electron chi connectivity index (χ3n) is 6.20. The van der Waals surface area contributed by atoms with Crippen molar-refractivity contribution in [3.05, 3.63) is 78.3 Å². The molecule has 0 saturated carbocycles. The van der Waals surface area contributed by atoms with Gasteiger partial charge in [0, 0.05) is 64.6 Å². The Bertz CT molecular complexity index is 1070. The van der Waals surface area contributed by atoms with Gasteiger partial charge in [-0.1, -0.05) is 30.4 Å². The molecular formula is C27H35N6OS+. The van der Waals surface area contributed by atoms with E-state index in [-0.39, 0.29) is 5.91 Å². The molecule has 4 rings (SSSR count). The molecule has 7 nitrogen and oxygen atoms in total. The van der Waals surface area contributed by atoms with Gasteiger partial charge in [0.05, 0.1) is 19.0 Å². The predicted molar refractivity (Wildman–Crippen MR) is 143 cm³/mol. The molecule has 0 atom stereocenters. The van der Waals surface area contributed by atoms with E-state index in [1.165, 1.54) is 28.6 Å². The lowest BCUT2D eigenvalue weighted by atomic mass is 10.1. The fraction of sp³-hybridized carbons (Fsp3) is 0.370. The van der Waals surface area contributed by atoms with Crippen molar-refractivity contribution in [1.29, 1.82) is 0 Å². The fourth-order valence-corrected chi connectivity index (χ4v) is 4.80. The number of nitrogens with zero attached hydrogens (tertiary/aromatic N) is 5. The zero-order valence-corrected chi connectivity index (χ0v) is 21.5. The number of hydrogen-bond donors (Lipinski definition) is 1. The van der Waals surface area contributed by atoms with Crippen LogP contribution in [-0.2, 0) is 11.8 Å². The first-order valence-corrected chi connectivity index (χ1v) is 13.1. The summed E-state index contributed by atoms with van der Waals surface area (Å²) in [4.78, 5) is 23.5. The first-order valence-electron chi connectivity index (χ1n) is 12.1. The second-order valence-corrected chi connectivity index (χ2v) is 9.81. The minimum absolute atomic E-state index is 0.0524. The standard InChI is InChI=1S/C27H34N6OS/c1-30-15-10-24(11-16-30)5-4-23-6-8-25(9-7-23)33-20-18-32(19-21-33)17-13-28-26(34)22-35-27-29-12-3-14-31(27)2/h3-12,14-15H,13,16-22H2,1-2H3/p+1/b5-4+. The van der Waals surface area contributed by atoms with E-state index < -0.39 is 0 Å². The molecule has 1 amide bonds. The van der Waals surface area contributed by atoms with Crippen LogP contribution >= 0.6 is 11.8 Å². The van der Waals surface area contributed by atoms with Crippen LogP contribution in [0.4, 0.5) is 5.69 Å². The Kier molecular flexibility index (Phi) is 8.97. The summed E-state index contributed by atoms with van der Waals surface area (Å²) in [6, 6.07) is 10.7. The zero-order chi connectivity index (χ0) is 24.5. The number of rotatable bonds is 9. The van der Waals surface area contributed by atoms with Crippen molar-refractivity contribution >= 4 is 29.4 Å². The van der Waals surface area contributed by atoms with E-state index in [9.17, 15) is 4.79 Å². The minimum atomic E-state index is 0.0524. The van der Waals surface area contributed by atoms with Crippen molar-refractivity contribution in [3.63, 3.8) is 0 Å². The van der Waals surface area contributed by atoms with Crippen molar-refractivity contribution in [2.45, 2.75) is 5.16 Å². The molecule has 0 radical (unpaired) electrons. The molecule has 0 bridgehead atoms. The van der Waals surface area contributed by atoms with Crippen LogP contribution in [0.25, 0.3) is 6.08 Å². The molecule has 184 valence electrons. The van der Waals surface area contributed by atoms with Gasteiger partial charge >= 0.3 is 5.16 Å². The van der Waals surface area contributed by atoms with Gasteiger partial charge in [-0.05, 0) is 52.3 Å². The van der Waals surface area contributed by atoms with E-state index >= 15 is 0 Å². The van der Waals surface area contributed by atoms with Crippen LogP contribution < -0.4 is 14.8 Å². The normalized spacial score (nSPS) is 16.6. The van der Waals surface area contributed by atoms with Crippen LogP contribution in [0, 0.1) is 0 Å². The number of allylic oxidation sites excluding steroid dienone is 3. The zero-order valence-electron chi connectivity index (χ0n) is 20.6. The molecule has 1 aromatic heterocycles. The number of carbonyl (C=O) groups excluding carboxylic acids is 1. The topological polar surface area (TPSA) is 55.6 Å². The molecule has 8 heteroatoms. The number of aryl methyl sites for hydroxylation is 1. The van der Waals surface area contributed by atoms with E-state index in [1.54, 1.807) is 6.20 Å². The molecule has 1 aromatic carbocycles. The molecule has 0 spiro atoms. The van der Waals surface area contributed by atoms with Gasteiger partial charge in [0.15, 0.2) is 0 Å². The summed E-state index contributed by atoms with van der Waals surface area (Å²) in [6.45, 7) is 6.52. The van der Waals surface area contributed by atoms with Crippen LogP contribution in [0.2, 0.25) is 0 Å². The van der Waals surface area contributed by atoms with Gasteiger partial charge in [0.25, 0.3) is 0 Å². The van der Waals surface area contributed by atoms with Crippen LogP contribution in [0.1, 0.15) is 5.56 Å². The summed E-state index contributed by atoms with van der Waals surface area (Å²) in [5.74, 6) is 0.437. The average Bonchev–Trinajstić information content (AvgIpc) is 2.89. The number of benzene rings is 1. The third kappa shape index (κ3) is 7.70. The van der Waals surface area contributed by atoms with Crippen LogP contribution in [-0.4, -0.2) is 79.3 Å². The van der Waals surface area contributed by atoms with Gasteiger partial charge in [-0.2, -0.15) is 0 Å². The van der Waals surface area contributed by atoms with Gasteiger partial charge < -0.3 is 15.1 Å². The average molecular weight is 492 g/mol. The highest BCUT2D eigenvalue weighted by Gasteiger charge is 2.17. The minimum Gasteiger partial charge on any atom is -0.377 e. The Morgan fingerprint density at radius 3 is 2.69 bits per heavy atom. The predicted octanol–water partition coefficient (Wildman–Crippen LogP) is 2.34. The first-order chi connectivity index (χ1) is 17.1. The molecule has 1 N–H and O–H groups in total. The van der Waals surface area contributed by atoms with E-state index in [4.69, 9.17) is 0 Å². The molecule has 1 fully saturated rings. The summed E-state index contributed by atoms with van der Waals surface area (Å²) in [5.41, 5.74) is 3.74. The molecule has 3 heterocycles. The highest BCUT2D eigenvalue weighted by Crippen LogP contribution is 2.19. The van der Waals surface area contributed by atoms with Crippen molar-refractivity contribution in [2.24, 2.45) is 7.05 Å². The molecule has 35 heavy (non-hydrogen) atoms. The van der Waals surface area contributed by atoms with Gasteiger partial charge in [-0.3, -0.25) is 9.69 Å². The summed E-state index contributed by atoms with van der Waals surface area (Å²) >= 11 is 1.46. The number of amides is 1. The lowest BCUT2D eigenvalue weighted by Crippen LogP contribution is -2.48.